The minimum atomic E-state index is -0.307. The van der Waals surface area contributed by atoms with E-state index in [2.05, 4.69) is 15.2 Å². The topological polar surface area (TPSA) is 91.8 Å². The lowest BCUT2D eigenvalue weighted by Crippen LogP contribution is -2.41. The molecule has 8 heteroatoms. The third kappa shape index (κ3) is 4.35. The third-order valence-corrected chi connectivity index (χ3v) is 6.56. The minimum Gasteiger partial charge on any atom is -0.495 e. The van der Waals surface area contributed by atoms with E-state index in [1.807, 2.05) is 24.3 Å². The van der Waals surface area contributed by atoms with Crippen molar-refractivity contribution >= 4 is 29.1 Å². The van der Waals surface area contributed by atoms with Crippen molar-refractivity contribution in [3.05, 3.63) is 83.7 Å². The lowest BCUT2D eigenvalue weighted by molar-refractivity contribution is -0.120. The highest BCUT2D eigenvalue weighted by molar-refractivity contribution is 6.23. The number of carbonyl (C=O) groups is 3. The van der Waals surface area contributed by atoms with Gasteiger partial charge < -0.3 is 15.0 Å². The Morgan fingerprint density at radius 2 is 1.86 bits per heavy atom. The molecule has 2 aliphatic rings. The molecule has 0 bridgehead atoms. The van der Waals surface area contributed by atoms with E-state index in [9.17, 15) is 14.4 Å². The Labute approximate surface area is 203 Å². The molecule has 5 rings (SSSR count). The quantitative estimate of drug-likeness (QED) is 0.552. The lowest BCUT2D eigenvalue weighted by atomic mass is 9.95. The molecule has 0 spiro atoms. The minimum absolute atomic E-state index is 0.0894. The first-order valence-corrected chi connectivity index (χ1v) is 11.6. The highest BCUT2D eigenvalue weighted by Gasteiger charge is 2.39. The molecule has 178 valence electrons. The van der Waals surface area contributed by atoms with Crippen molar-refractivity contribution in [2.24, 2.45) is 5.92 Å². The zero-order chi connectivity index (χ0) is 24.4. The maximum absolute atomic E-state index is 13.4. The molecule has 0 saturated carbocycles. The summed E-state index contributed by atoms with van der Waals surface area (Å²) >= 11 is 0. The number of anilines is 2. The van der Waals surface area contributed by atoms with Crippen LogP contribution in [0.2, 0.25) is 0 Å². The second kappa shape index (κ2) is 9.58. The Kier molecular flexibility index (Phi) is 6.18. The first kappa shape index (κ1) is 22.6. The molecule has 1 saturated heterocycles. The van der Waals surface area contributed by atoms with Crippen LogP contribution in [0.5, 0.6) is 5.75 Å². The molecule has 0 aliphatic carbocycles. The normalized spacial score (nSPS) is 17.3. The smallest absolute Gasteiger partial charge is 0.263 e. The fraction of sp³-hybridized carbons (Fsp3) is 0.259. The van der Waals surface area contributed by atoms with Gasteiger partial charge in [0.05, 0.1) is 42.1 Å². The van der Waals surface area contributed by atoms with Gasteiger partial charge in [0.2, 0.25) is 5.91 Å². The summed E-state index contributed by atoms with van der Waals surface area (Å²) in [5.74, 6) is -0.352. The average Bonchev–Trinajstić information content (AvgIpc) is 3.14. The number of imide groups is 1. The van der Waals surface area contributed by atoms with Crippen LogP contribution in [-0.4, -0.2) is 47.8 Å². The van der Waals surface area contributed by atoms with Crippen molar-refractivity contribution in [1.82, 2.24) is 9.88 Å². The van der Waals surface area contributed by atoms with Gasteiger partial charge in [-0.3, -0.25) is 24.3 Å². The first-order chi connectivity index (χ1) is 17.1. The largest absolute Gasteiger partial charge is 0.495 e. The van der Waals surface area contributed by atoms with Crippen LogP contribution in [0.3, 0.4) is 0 Å². The molecular formula is C27H26N4O4. The first-order valence-electron chi connectivity index (χ1n) is 11.6. The number of aromatic nitrogens is 1. The Balaban J connectivity index is 1.36. The Bertz CT molecular complexity index is 1280. The van der Waals surface area contributed by atoms with Crippen LogP contribution < -0.4 is 15.0 Å². The van der Waals surface area contributed by atoms with Crippen molar-refractivity contribution in [2.45, 2.75) is 19.4 Å². The van der Waals surface area contributed by atoms with E-state index in [0.29, 0.717) is 41.3 Å². The molecule has 1 aromatic heterocycles. The molecule has 2 aromatic carbocycles. The van der Waals surface area contributed by atoms with Gasteiger partial charge in [0.1, 0.15) is 5.75 Å². The van der Waals surface area contributed by atoms with Gasteiger partial charge in [0, 0.05) is 25.5 Å². The number of nitrogens with zero attached hydrogens (tertiary/aromatic N) is 3. The number of rotatable bonds is 6. The number of ether oxygens (including phenoxy) is 1. The fourth-order valence-corrected chi connectivity index (χ4v) is 4.79. The summed E-state index contributed by atoms with van der Waals surface area (Å²) in [7, 11) is 1.57. The monoisotopic (exact) mass is 470 g/mol. The molecule has 0 unspecified atom stereocenters. The summed E-state index contributed by atoms with van der Waals surface area (Å²) in [6.07, 6.45) is 4.83. The number of pyridine rings is 1. The zero-order valence-corrected chi connectivity index (χ0v) is 19.4. The molecule has 2 aliphatic heterocycles. The van der Waals surface area contributed by atoms with Crippen LogP contribution >= 0.6 is 0 Å². The SMILES string of the molecule is COc1ccccc1NC(=O)[C@@H]1CCCN(c2cccc3c2C(=O)N(Cc2ccncc2)C3=O)C1. The molecule has 1 N–H and O–H groups in total. The van der Waals surface area contributed by atoms with Gasteiger partial charge in [-0.15, -0.1) is 0 Å². The third-order valence-electron chi connectivity index (χ3n) is 6.56. The summed E-state index contributed by atoms with van der Waals surface area (Å²) in [6, 6.07) is 16.2. The lowest BCUT2D eigenvalue weighted by Gasteiger charge is -2.34. The van der Waals surface area contributed by atoms with Gasteiger partial charge >= 0.3 is 0 Å². The Hall–Kier alpha value is -4.20. The van der Waals surface area contributed by atoms with E-state index in [4.69, 9.17) is 4.74 Å². The number of para-hydroxylation sites is 2. The number of hydrogen-bond acceptors (Lipinski definition) is 6. The van der Waals surface area contributed by atoms with Gasteiger partial charge in [-0.25, -0.2) is 0 Å². The standard InChI is InChI=1S/C27H26N4O4/c1-35-23-10-3-2-8-21(23)29-25(32)19-6-5-15-30(17-19)22-9-4-7-20-24(22)27(34)31(26(20)33)16-18-11-13-28-14-12-18/h2-4,7-14,19H,5-6,15-17H2,1H3,(H,29,32)/t19-/m1/s1. The predicted octanol–water partition coefficient (Wildman–Crippen LogP) is 3.74. The molecule has 1 atom stereocenters. The van der Waals surface area contributed by atoms with Gasteiger partial charge in [0.15, 0.2) is 0 Å². The number of hydrogen-bond donors (Lipinski definition) is 1. The average molecular weight is 471 g/mol. The highest BCUT2D eigenvalue weighted by Crippen LogP contribution is 2.35. The van der Waals surface area contributed by atoms with Crippen LogP contribution in [0.4, 0.5) is 11.4 Å². The summed E-state index contributed by atoms with van der Waals surface area (Å²) < 4.78 is 5.35. The van der Waals surface area contributed by atoms with Crippen molar-refractivity contribution < 1.29 is 19.1 Å². The second-order valence-electron chi connectivity index (χ2n) is 8.73. The maximum atomic E-state index is 13.4. The van der Waals surface area contributed by atoms with Gasteiger partial charge in [-0.1, -0.05) is 18.2 Å². The molecule has 35 heavy (non-hydrogen) atoms. The van der Waals surface area contributed by atoms with Crippen LogP contribution in [0.1, 0.15) is 39.1 Å². The van der Waals surface area contributed by atoms with Gasteiger partial charge in [0.25, 0.3) is 11.8 Å². The molecule has 3 amide bonds. The van der Waals surface area contributed by atoms with Crippen LogP contribution in [0.25, 0.3) is 0 Å². The molecule has 3 heterocycles. The van der Waals surface area contributed by atoms with E-state index in [1.54, 1.807) is 49.8 Å². The van der Waals surface area contributed by atoms with E-state index in [0.717, 1.165) is 18.4 Å². The number of benzene rings is 2. The van der Waals surface area contributed by atoms with E-state index in [-0.39, 0.29) is 30.2 Å². The summed E-state index contributed by atoms with van der Waals surface area (Å²) in [5, 5.41) is 2.98. The second-order valence-corrected chi connectivity index (χ2v) is 8.73. The molecule has 0 radical (unpaired) electrons. The number of methoxy groups -OCH3 is 1. The van der Waals surface area contributed by atoms with Gasteiger partial charge in [-0.05, 0) is 54.8 Å². The summed E-state index contributed by atoms with van der Waals surface area (Å²) in [5.41, 5.74) is 2.99. The fourth-order valence-electron chi connectivity index (χ4n) is 4.79. The van der Waals surface area contributed by atoms with E-state index < -0.39 is 0 Å². The highest BCUT2D eigenvalue weighted by atomic mass is 16.5. The molecule has 8 nitrogen and oxygen atoms in total. The van der Waals surface area contributed by atoms with Crippen molar-refractivity contribution in [2.75, 3.05) is 30.4 Å². The van der Waals surface area contributed by atoms with Crippen LogP contribution in [0.15, 0.2) is 67.0 Å². The molecule has 1 fully saturated rings. The summed E-state index contributed by atoms with van der Waals surface area (Å²) in [4.78, 5) is 46.9. The van der Waals surface area contributed by atoms with Crippen molar-refractivity contribution in [1.29, 1.82) is 0 Å². The number of carbonyl (C=O) groups excluding carboxylic acids is 3. The number of nitrogens with one attached hydrogen (secondary N) is 1. The maximum Gasteiger partial charge on any atom is 0.263 e. The van der Waals surface area contributed by atoms with Crippen molar-refractivity contribution in [3.8, 4) is 5.75 Å². The molecular weight excluding hydrogens is 444 g/mol. The zero-order valence-electron chi connectivity index (χ0n) is 19.4. The number of piperidine rings is 1. The van der Waals surface area contributed by atoms with Crippen molar-refractivity contribution in [3.63, 3.8) is 0 Å². The van der Waals surface area contributed by atoms with E-state index >= 15 is 0 Å². The molecule has 3 aromatic rings. The predicted molar refractivity (Wildman–Crippen MR) is 131 cm³/mol. The number of fused-ring (bicyclic) bond motifs is 1. The Morgan fingerprint density at radius 3 is 2.66 bits per heavy atom. The van der Waals surface area contributed by atoms with E-state index in [1.165, 1.54) is 4.90 Å². The van der Waals surface area contributed by atoms with Crippen LogP contribution in [0, 0.1) is 5.92 Å². The summed E-state index contributed by atoms with van der Waals surface area (Å²) in [6.45, 7) is 1.36. The van der Waals surface area contributed by atoms with Gasteiger partial charge in [-0.2, -0.15) is 0 Å². The number of amides is 3. The Morgan fingerprint density at radius 1 is 1.06 bits per heavy atom. The van der Waals surface area contributed by atoms with Crippen LogP contribution in [-0.2, 0) is 11.3 Å².